The van der Waals surface area contributed by atoms with Crippen LogP contribution in [0.2, 0.25) is 0 Å². The van der Waals surface area contributed by atoms with Gasteiger partial charge in [0.2, 0.25) is 5.78 Å². The van der Waals surface area contributed by atoms with Gasteiger partial charge in [0.15, 0.2) is 0 Å². The molecule has 3 rings (SSSR count). The first-order valence-electron chi connectivity index (χ1n) is 5.87. The quantitative estimate of drug-likeness (QED) is 0.749. The van der Waals surface area contributed by atoms with E-state index in [1.54, 1.807) is 4.40 Å². The highest BCUT2D eigenvalue weighted by Gasteiger charge is 2.31. The molecule has 0 saturated carbocycles. The van der Waals surface area contributed by atoms with Crippen molar-refractivity contribution in [2.75, 3.05) is 6.54 Å². The second-order valence-corrected chi connectivity index (χ2v) is 5.16. The molecule has 20 heavy (non-hydrogen) atoms. The van der Waals surface area contributed by atoms with Crippen LogP contribution in [0.25, 0.3) is 16.8 Å². The third-order valence-electron chi connectivity index (χ3n) is 3.08. The number of imidazole rings is 2. The smallest absolute Gasteiger partial charge is 0.330 e. The lowest BCUT2D eigenvalue weighted by Gasteiger charge is -2.06. The molecule has 106 valence electrons. The van der Waals surface area contributed by atoms with Gasteiger partial charge in [-0.1, -0.05) is 0 Å². The van der Waals surface area contributed by atoms with E-state index in [0.29, 0.717) is 34.4 Å². The molecule has 0 aliphatic heterocycles. The van der Waals surface area contributed by atoms with E-state index in [1.165, 1.54) is 6.07 Å². The van der Waals surface area contributed by atoms with E-state index in [-0.39, 0.29) is 0 Å². The Bertz CT molecular complexity index is 787. The summed E-state index contributed by atoms with van der Waals surface area (Å²) in [6.07, 6.45) is -3.79. The summed E-state index contributed by atoms with van der Waals surface area (Å²) in [5.41, 5.74) is 6.52. The number of benzene rings is 1. The normalized spacial score (nSPS) is 12.7. The standard InChI is InChI=1S/C12H10BrF3N4/c13-10-8(3-4-17)19-11-18-7-2-1-6(12(14,15)16)5-9(7)20(10)11/h1-2,5H,3-4,17H2,(H,18,19). The van der Waals surface area contributed by atoms with Gasteiger partial charge in [0.1, 0.15) is 4.60 Å². The maximum absolute atomic E-state index is 12.8. The van der Waals surface area contributed by atoms with Gasteiger partial charge in [-0.15, -0.1) is 0 Å². The SMILES string of the molecule is NCCc1[nH]c2nc3ccc(C(F)(F)F)cc3n2c1Br. The van der Waals surface area contributed by atoms with Crippen molar-refractivity contribution in [3.63, 3.8) is 0 Å². The summed E-state index contributed by atoms with van der Waals surface area (Å²) < 4.78 is 40.6. The molecule has 0 bridgehead atoms. The van der Waals surface area contributed by atoms with Crippen molar-refractivity contribution in [3.05, 3.63) is 34.1 Å². The lowest BCUT2D eigenvalue weighted by atomic mass is 10.2. The first kappa shape index (κ1) is 13.4. The fourth-order valence-electron chi connectivity index (χ4n) is 2.17. The van der Waals surface area contributed by atoms with Crippen LogP contribution in [0.3, 0.4) is 0 Å². The Morgan fingerprint density at radius 3 is 2.75 bits per heavy atom. The number of halogens is 4. The zero-order valence-electron chi connectivity index (χ0n) is 10.1. The minimum Gasteiger partial charge on any atom is -0.330 e. The van der Waals surface area contributed by atoms with Crippen molar-refractivity contribution < 1.29 is 13.2 Å². The lowest BCUT2D eigenvalue weighted by Crippen LogP contribution is -2.04. The molecule has 4 nitrogen and oxygen atoms in total. The van der Waals surface area contributed by atoms with Crippen LogP contribution >= 0.6 is 15.9 Å². The Labute approximate surface area is 119 Å². The Morgan fingerprint density at radius 1 is 1.35 bits per heavy atom. The molecular weight excluding hydrogens is 337 g/mol. The highest BCUT2D eigenvalue weighted by Crippen LogP contribution is 2.33. The van der Waals surface area contributed by atoms with Gasteiger partial charge in [-0.3, -0.25) is 4.40 Å². The van der Waals surface area contributed by atoms with Gasteiger partial charge in [-0.25, -0.2) is 4.98 Å². The van der Waals surface area contributed by atoms with Gasteiger partial charge < -0.3 is 10.7 Å². The molecule has 0 fully saturated rings. The van der Waals surface area contributed by atoms with Gasteiger partial charge in [-0.05, 0) is 40.7 Å². The zero-order chi connectivity index (χ0) is 14.5. The molecule has 0 amide bonds. The van der Waals surface area contributed by atoms with Crippen LogP contribution in [-0.4, -0.2) is 20.9 Å². The summed E-state index contributed by atoms with van der Waals surface area (Å²) in [6, 6.07) is 3.50. The minimum atomic E-state index is -4.37. The van der Waals surface area contributed by atoms with Crippen LogP contribution < -0.4 is 5.73 Å². The number of hydrogen-bond donors (Lipinski definition) is 2. The van der Waals surface area contributed by atoms with Crippen molar-refractivity contribution in [2.45, 2.75) is 12.6 Å². The molecule has 0 unspecified atom stereocenters. The zero-order valence-corrected chi connectivity index (χ0v) is 11.7. The van der Waals surface area contributed by atoms with Crippen molar-refractivity contribution in [1.82, 2.24) is 14.4 Å². The number of nitrogens with zero attached hydrogens (tertiary/aromatic N) is 2. The Balaban J connectivity index is 2.29. The summed E-state index contributed by atoms with van der Waals surface area (Å²) in [5, 5.41) is 0. The highest BCUT2D eigenvalue weighted by atomic mass is 79.9. The van der Waals surface area contributed by atoms with Crippen molar-refractivity contribution >= 4 is 32.7 Å². The maximum atomic E-state index is 12.8. The third-order valence-corrected chi connectivity index (χ3v) is 3.92. The number of H-pyrrole nitrogens is 1. The van der Waals surface area contributed by atoms with Crippen LogP contribution in [0.4, 0.5) is 13.2 Å². The molecule has 1 aromatic carbocycles. The van der Waals surface area contributed by atoms with Crippen LogP contribution in [0.1, 0.15) is 11.3 Å². The number of fused-ring (bicyclic) bond motifs is 3. The molecule has 0 radical (unpaired) electrons. The molecule has 0 aliphatic rings. The largest absolute Gasteiger partial charge is 0.416 e. The fraction of sp³-hybridized carbons (Fsp3) is 0.250. The van der Waals surface area contributed by atoms with E-state index in [9.17, 15) is 13.2 Å². The van der Waals surface area contributed by atoms with Crippen LogP contribution in [0, 0.1) is 0 Å². The predicted octanol–water partition coefficient (Wildman–Crippen LogP) is 3.10. The van der Waals surface area contributed by atoms with Crippen LogP contribution in [0.5, 0.6) is 0 Å². The molecule has 2 heterocycles. The van der Waals surface area contributed by atoms with Gasteiger partial charge in [0, 0.05) is 6.42 Å². The number of hydrogen-bond acceptors (Lipinski definition) is 2. The first-order chi connectivity index (χ1) is 9.41. The van der Waals surface area contributed by atoms with E-state index < -0.39 is 11.7 Å². The minimum absolute atomic E-state index is 0.404. The Hall–Kier alpha value is -1.54. The summed E-state index contributed by atoms with van der Waals surface area (Å²) in [5.74, 6) is 0.495. The number of rotatable bonds is 2. The van der Waals surface area contributed by atoms with Crippen molar-refractivity contribution in [2.24, 2.45) is 5.73 Å². The fourth-order valence-corrected chi connectivity index (χ4v) is 2.82. The summed E-state index contributed by atoms with van der Waals surface area (Å²) in [6.45, 7) is 0.438. The molecule has 3 N–H and O–H groups in total. The van der Waals surface area contributed by atoms with E-state index in [0.717, 1.165) is 17.8 Å². The molecule has 0 spiro atoms. The number of alkyl halides is 3. The van der Waals surface area contributed by atoms with Gasteiger partial charge in [-0.2, -0.15) is 13.2 Å². The third kappa shape index (κ3) is 1.99. The van der Waals surface area contributed by atoms with E-state index in [1.807, 2.05) is 0 Å². The molecule has 2 aromatic heterocycles. The van der Waals surface area contributed by atoms with Crippen molar-refractivity contribution in [3.8, 4) is 0 Å². The number of nitrogens with two attached hydrogens (primary N) is 1. The second-order valence-electron chi connectivity index (χ2n) is 4.41. The van der Waals surface area contributed by atoms with Crippen LogP contribution in [0.15, 0.2) is 22.8 Å². The Morgan fingerprint density at radius 2 is 2.10 bits per heavy atom. The van der Waals surface area contributed by atoms with E-state index in [2.05, 4.69) is 25.9 Å². The monoisotopic (exact) mass is 346 g/mol. The van der Waals surface area contributed by atoms with Crippen LogP contribution in [-0.2, 0) is 12.6 Å². The average Bonchev–Trinajstić information content (AvgIpc) is 2.86. The number of aromatic amines is 1. The summed E-state index contributed by atoms with van der Waals surface area (Å²) >= 11 is 3.38. The highest BCUT2D eigenvalue weighted by molar-refractivity contribution is 9.10. The molecule has 0 aliphatic carbocycles. The van der Waals surface area contributed by atoms with E-state index in [4.69, 9.17) is 5.73 Å². The van der Waals surface area contributed by atoms with Gasteiger partial charge in [0.05, 0.1) is 22.3 Å². The van der Waals surface area contributed by atoms with E-state index >= 15 is 0 Å². The molecule has 0 atom stereocenters. The molecule has 8 heteroatoms. The number of nitrogens with one attached hydrogen (secondary N) is 1. The summed E-state index contributed by atoms with van der Waals surface area (Å²) in [7, 11) is 0. The molecule has 0 saturated heterocycles. The average molecular weight is 347 g/mol. The Kier molecular flexibility index (Phi) is 3.02. The predicted molar refractivity (Wildman–Crippen MR) is 72.5 cm³/mol. The topological polar surface area (TPSA) is 59.1 Å². The second kappa shape index (κ2) is 4.49. The lowest BCUT2D eigenvalue weighted by molar-refractivity contribution is -0.137. The van der Waals surface area contributed by atoms with Gasteiger partial charge in [0.25, 0.3) is 0 Å². The molecule has 3 aromatic rings. The van der Waals surface area contributed by atoms with Gasteiger partial charge >= 0.3 is 6.18 Å². The first-order valence-corrected chi connectivity index (χ1v) is 6.67. The summed E-state index contributed by atoms with van der Waals surface area (Å²) in [4.78, 5) is 7.33. The molecular formula is C12H10BrF3N4. The van der Waals surface area contributed by atoms with Crippen molar-refractivity contribution in [1.29, 1.82) is 0 Å². The number of aromatic nitrogens is 3. The maximum Gasteiger partial charge on any atom is 0.416 e.